The molecule has 1 aliphatic carbocycles. The average Bonchev–Trinajstić information content (AvgIpc) is 3.74. The van der Waals surface area contributed by atoms with Crippen molar-refractivity contribution < 1.29 is 50.6 Å². The molecule has 0 radical (unpaired) electrons. The lowest BCUT2D eigenvalue weighted by molar-refractivity contribution is -0.386. The minimum atomic E-state index is -4.98. The molecule has 7 rings (SSSR count). The molecular weight excluding hydrogens is 648 g/mol. The topological polar surface area (TPSA) is 272 Å². The number of hydrogen-bond donors (Lipinski definition) is 4. The number of rotatable bonds is 4. The summed E-state index contributed by atoms with van der Waals surface area (Å²) in [6.07, 6.45) is 3.65. The van der Waals surface area contributed by atoms with Gasteiger partial charge in [-0.3, -0.25) is 34.1 Å². The second-order valence-corrected chi connectivity index (χ2v) is 12.3. The molecule has 6 aromatic rings. The number of aromatic nitrogens is 4. The number of nitrogens with one attached hydrogen (secondary N) is 4. The molecule has 0 spiro atoms. The van der Waals surface area contributed by atoms with Crippen LogP contribution in [0.1, 0.15) is 15.9 Å². The zero-order chi connectivity index (χ0) is 33.4. The maximum absolute atomic E-state index is 12.6. The lowest BCUT2D eigenvalue weighted by Gasteiger charge is -2.06. The van der Waals surface area contributed by atoms with E-state index in [2.05, 4.69) is 19.9 Å². The minimum absolute atomic E-state index is 0.414. The van der Waals surface area contributed by atoms with E-state index in [1.807, 2.05) is 61.2 Å². The van der Waals surface area contributed by atoms with Gasteiger partial charge >= 0.3 is 0 Å². The van der Waals surface area contributed by atoms with Gasteiger partial charge in [-0.1, -0.05) is 24.3 Å². The Labute approximate surface area is 257 Å². The number of carbonyl (C=O) groups is 1. The summed E-state index contributed by atoms with van der Waals surface area (Å²) in [6, 6.07) is 18.1. The predicted molar refractivity (Wildman–Crippen MR) is 158 cm³/mol. The number of aromatic amines is 4. The first-order valence-corrected chi connectivity index (χ1v) is 15.6. The lowest BCUT2D eigenvalue weighted by atomic mass is 10.0. The summed E-state index contributed by atoms with van der Waals surface area (Å²) >= 11 is 0. The number of para-hydroxylation sites is 4. The number of fused-ring (bicyclic) bond motifs is 5. The van der Waals surface area contributed by atoms with Gasteiger partial charge in [0.15, 0.2) is 27.9 Å². The van der Waals surface area contributed by atoms with Gasteiger partial charge in [-0.05, 0) is 36.4 Å². The maximum Gasteiger partial charge on any atom is 0.294 e. The number of nitro benzene ring substituents is 2. The Bertz CT molecular complexity index is 2190. The van der Waals surface area contributed by atoms with E-state index in [0.29, 0.717) is 24.3 Å². The molecule has 234 valence electrons. The molecular formula is C27H20N6O11S2+2. The molecule has 6 N–H and O–H groups in total. The summed E-state index contributed by atoms with van der Waals surface area (Å²) in [5.74, 6) is -1.16. The smallest absolute Gasteiger partial charge is 0.289 e. The van der Waals surface area contributed by atoms with E-state index in [4.69, 9.17) is 9.11 Å². The van der Waals surface area contributed by atoms with Crippen LogP contribution in [0.3, 0.4) is 0 Å². The number of imidazole rings is 2. The van der Waals surface area contributed by atoms with Crippen LogP contribution < -0.4 is 9.97 Å². The molecule has 2 aromatic heterocycles. The lowest BCUT2D eigenvalue weighted by Crippen LogP contribution is -2.04. The molecule has 0 bridgehead atoms. The molecule has 2 heterocycles. The zero-order valence-electron chi connectivity index (χ0n) is 22.9. The molecule has 0 amide bonds. The molecule has 4 aromatic carbocycles. The Morgan fingerprint density at radius 2 is 1.00 bits per heavy atom. The summed E-state index contributed by atoms with van der Waals surface area (Å²) in [7, 11) is -9.95. The van der Waals surface area contributed by atoms with Crippen LogP contribution >= 0.6 is 0 Å². The van der Waals surface area contributed by atoms with E-state index in [0.717, 1.165) is 22.1 Å². The zero-order valence-corrected chi connectivity index (χ0v) is 24.5. The first-order chi connectivity index (χ1) is 21.7. The van der Waals surface area contributed by atoms with Crippen molar-refractivity contribution in [1.29, 1.82) is 0 Å². The summed E-state index contributed by atoms with van der Waals surface area (Å²) in [6.45, 7) is 0. The largest absolute Gasteiger partial charge is 0.294 e. The van der Waals surface area contributed by atoms with E-state index < -0.39 is 79.3 Å². The van der Waals surface area contributed by atoms with E-state index in [-0.39, 0.29) is 0 Å². The molecule has 0 aliphatic heterocycles. The fourth-order valence-corrected chi connectivity index (χ4v) is 5.72. The molecule has 17 nitrogen and oxygen atoms in total. The summed E-state index contributed by atoms with van der Waals surface area (Å²) in [5, 5.41) is 22.8. The van der Waals surface area contributed by atoms with E-state index in [9.17, 15) is 41.9 Å². The van der Waals surface area contributed by atoms with Gasteiger partial charge in [0.25, 0.3) is 31.6 Å². The van der Waals surface area contributed by atoms with Crippen LogP contribution in [0.25, 0.3) is 33.2 Å². The molecule has 46 heavy (non-hydrogen) atoms. The number of carbonyl (C=O) groups excluding carboxylic acids is 1. The highest BCUT2D eigenvalue weighted by Gasteiger charge is 2.41. The van der Waals surface area contributed by atoms with Crippen molar-refractivity contribution >= 4 is 59.5 Å². The van der Waals surface area contributed by atoms with Gasteiger partial charge in [-0.15, -0.1) is 0 Å². The summed E-state index contributed by atoms with van der Waals surface area (Å²) < 4.78 is 63.7. The van der Waals surface area contributed by atoms with Crippen LogP contribution in [-0.4, -0.2) is 51.5 Å². The van der Waals surface area contributed by atoms with Crippen LogP contribution in [0.5, 0.6) is 0 Å². The van der Waals surface area contributed by atoms with Crippen molar-refractivity contribution in [2.75, 3.05) is 0 Å². The van der Waals surface area contributed by atoms with Gasteiger partial charge in [0.05, 0.1) is 21.0 Å². The quantitative estimate of drug-likeness (QED) is 0.120. The van der Waals surface area contributed by atoms with Crippen LogP contribution in [0.2, 0.25) is 0 Å². The molecule has 0 saturated carbocycles. The molecule has 0 atom stereocenters. The SMILES string of the molecule is O=C1c2cc(S(=O)(=O)O)cc([N+](=O)[O-])c2-c2c1cc(S(=O)(=O)O)cc2[N+](=O)[O-].c1ccc2[nH+]c[nH]c2c1.c1ccc2[nH+]c[nH]c2c1. The highest BCUT2D eigenvalue weighted by molar-refractivity contribution is 7.86. The van der Waals surface area contributed by atoms with Crippen molar-refractivity contribution in [3.8, 4) is 11.1 Å². The van der Waals surface area contributed by atoms with Crippen molar-refractivity contribution in [3.05, 3.63) is 117 Å². The van der Waals surface area contributed by atoms with E-state index in [1.165, 1.54) is 0 Å². The highest BCUT2D eigenvalue weighted by atomic mass is 32.2. The van der Waals surface area contributed by atoms with Gasteiger partial charge in [0.2, 0.25) is 12.7 Å². The van der Waals surface area contributed by atoms with Crippen LogP contribution in [0, 0.1) is 20.2 Å². The van der Waals surface area contributed by atoms with Crippen LogP contribution in [0.4, 0.5) is 11.4 Å². The number of H-pyrrole nitrogens is 4. The first-order valence-electron chi connectivity index (χ1n) is 12.7. The van der Waals surface area contributed by atoms with Crippen LogP contribution in [0.15, 0.2) is 95.2 Å². The third-order valence-electron chi connectivity index (χ3n) is 6.68. The first kappa shape index (κ1) is 31.5. The Kier molecular flexibility index (Phi) is 8.15. The third-order valence-corrected chi connectivity index (χ3v) is 8.34. The Balaban J connectivity index is 0.000000184. The van der Waals surface area contributed by atoms with Crippen molar-refractivity contribution in [1.82, 2.24) is 9.97 Å². The van der Waals surface area contributed by atoms with E-state index >= 15 is 0 Å². The van der Waals surface area contributed by atoms with E-state index in [1.54, 1.807) is 0 Å². The van der Waals surface area contributed by atoms with Gasteiger partial charge in [-0.2, -0.15) is 16.8 Å². The molecule has 1 aliphatic rings. The van der Waals surface area contributed by atoms with Crippen molar-refractivity contribution in [2.45, 2.75) is 9.79 Å². The molecule has 0 saturated heterocycles. The summed E-state index contributed by atoms with van der Waals surface area (Å²) in [5.41, 5.74) is 0.0154. The number of ketones is 1. The standard InChI is InChI=1S/C13H6N2O11S2.2C7H6N2/c16-13-7-1-5(27(21,22)23)3-9(14(17)18)11(7)12-8(13)2-6(28(24,25)26)4-10(12)15(19)20;2*1-2-4-7-6(3-1)8-5-9-7/h1-4H,(H,21,22,23)(H,24,25,26);2*1-5H,(H,8,9)/p+2. The van der Waals surface area contributed by atoms with Crippen LogP contribution in [-0.2, 0) is 20.2 Å². The highest BCUT2D eigenvalue weighted by Crippen LogP contribution is 2.48. The number of benzene rings is 4. The second-order valence-electron chi connectivity index (χ2n) is 9.48. The molecule has 0 fully saturated rings. The molecule has 19 heteroatoms. The second kappa shape index (κ2) is 11.9. The van der Waals surface area contributed by atoms with Gasteiger partial charge in [0, 0.05) is 23.3 Å². The predicted octanol–water partition coefficient (Wildman–Crippen LogP) is 3.17. The maximum atomic E-state index is 12.6. The number of nitro groups is 2. The average molecular weight is 669 g/mol. The summed E-state index contributed by atoms with van der Waals surface area (Å²) in [4.78, 5) is 43.4. The van der Waals surface area contributed by atoms with Crippen molar-refractivity contribution in [2.24, 2.45) is 0 Å². The number of hydrogen-bond acceptors (Lipinski definition) is 9. The fraction of sp³-hybridized carbons (Fsp3) is 0. The minimum Gasteiger partial charge on any atom is -0.289 e. The normalized spacial score (nSPS) is 12.0. The van der Waals surface area contributed by atoms with Gasteiger partial charge in [0.1, 0.15) is 9.79 Å². The Morgan fingerprint density at radius 1 is 0.630 bits per heavy atom. The monoisotopic (exact) mass is 668 g/mol. The Morgan fingerprint density at radius 3 is 1.33 bits per heavy atom. The van der Waals surface area contributed by atoms with Crippen molar-refractivity contribution in [3.63, 3.8) is 0 Å². The Hall–Kier alpha value is -5.89. The van der Waals surface area contributed by atoms with Gasteiger partial charge < -0.3 is 0 Å². The molecule has 0 unspecified atom stereocenters. The third kappa shape index (κ3) is 6.19. The number of nitrogens with zero attached hydrogens (tertiary/aromatic N) is 2. The van der Waals surface area contributed by atoms with Gasteiger partial charge in [-0.25, -0.2) is 19.9 Å². The fourth-order valence-electron chi connectivity index (χ4n) is 4.67.